The number of hydrogen-bond donors (Lipinski definition) is 1. The van der Waals surface area contributed by atoms with E-state index in [0.717, 1.165) is 12.6 Å². The van der Waals surface area contributed by atoms with Gasteiger partial charge in [0.15, 0.2) is 23.1 Å². The highest BCUT2D eigenvalue weighted by Gasteiger charge is 2.45. The molecule has 1 amide bonds. The van der Waals surface area contributed by atoms with Crippen molar-refractivity contribution in [2.45, 2.75) is 32.4 Å². The molecule has 3 rings (SSSR count). The van der Waals surface area contributed by atoms with Crippen LogP contribution in [0.2, 0.25) is 0 Å². The van der Waals surface area contributed by atoms with Gasteiger partial charge in [-0.25, -0.2) is 4.39 Å². The van der Waals surface area contributed by atoms with Gasteiger partial charge in [-0.15, -0.1) is 0 Å². The zero-order chi connectivity index (χ0) is 26.6. The standard InChI is InChI=1S/C27H33FN2O6/c1-16(2)36-20-12-11-17(15-19(20)28)24(31)22-23(18-9-7-10-21(34-5)26(18)35-6)30(27(33)25(22)32)14-8-13-29(3)4/h7,9-12,15-16,23,31H,8,13-14H2,1-6H3. The first-order valence-corrected chi connectivity index (χ1v) is 11.8. The average molecular weight is 501 g/mol. The van der Waals surface area contributed by atoms with Crippen LogP contribution >= 0.6 is 0 Å². The second-order valence-electron chi connectivity index (χ2n) is 9.18. The number of benzene rings is 2. The van der Waals surface area contributed by atoms with Gasteiger partial charge >= 0.3 is 0 Å². The quantitative estimate of drug-likeness (QED) is 0.301. The smallest absolute Gasteiger partial charge is 0.295 e. The number of ketones is 1. The molecule has 8 nitrogen and oxygen atoms in total. The maximum atomic E-state index is 14.7. The Bertz CT molecular complexity index is 1160. The zero-order valence-electron chi connectivity index (χ0n) is 21.5. The molecule has 0 radical (unpaired) electrons. The molecule has 0 saturated carbocycles. The number of Topliss-reactive ketones (excluding diaryl/α,β-unsaturated/α-hetero) is 1. The van der Waals surface area contributed by atoms with Gasteiger partial charge in [-0.3, -0.25) is 9.59 Å². The van der Waals surface area contributed by atoms with Crippen LogP contribution in [0.1, 0.15) is 37.4 Å². The lowest BCUT2D eigenvalue weighted by molar-refractivity contribution is -0.858. The third kappa shape index (κ3) is 5.46. The topological polar surface area (TPSA) is 92.6 Å². The van der Waals surface area contributed by atoms with E-state index in [4.69, 9.17) is 14.2 Å². The molecule has 1 saturated heterocycles. The summed E-state index contributed by atoms with van der Waals surface area (Å²) in [6, 6.07) is 7.85. The number of halogens is 1. The Labute approximate surface area is 210 Å². The van der Waals surface area contributed by atoms with Gasteiger partial charge in [0.25, 0.3) is 5.91 Å². The highest BCUT2D eigenvalue weighted by Crippen LogP contribution is 2.45. The molecule has 2 aromatic rings. The number of hydrogen-bond acceptors (Lipinski definition) is 6. The van der Waals surface area contributed by atoms with Crippen molar-refractivity contribution in [1.82, 2.24) is 4.90 Å². The number of carbonyl (C=O) groups excluding carboxylic acids is 2. The normalized spacial score (nSPS) is 17.2. The second-order valence-corrected chi connectivity index (χ2v) is 9.18. The highest BCUT2D eigenvalue weighted by atomic mass is 19.1. The van der Waals surface area contributed by atoms with Gasteiger partial charge < -0.3 is 29.1 Å². The molecule has 2 aromatic carbocycles. The number of carbonyl (C=O) groups is 2. The van der Waals surface area contributed by atoms with Crippen molar-refractivity contribution in [3.8, 4) is 17.2 Å². The lowest BCUT2D eigenvalue weighted by Crippen LogP contribution is -3.05. The first-order chi connectivity index (χ1) is 17.1. The molecule has 1 atom stereocenters. The number of ether oxygens (including phenoxy) is 3. The number of methoxy groups -OCH3 is 2. The van der Waals surface area contributed by atoms with E-state index in [0.29, 0.717) is 23.5 Å². The van der Waals surface area contributed by atoms with Crippen LogP contribution in [0.3, 0.4) is 0 Å². The molecule has 9 heteroatoms. The lowest BCUT2D eigenvalue weighted by Gasteiger charge is -2.29. The molecule has 1 fully saturated rings. The third-order valence-corrected chi connectivity index (χ3v) is 5.89. The summed E-state index contributed by atoms with van der Waals surface area (Å²) in [7, 11) is 6.90. The molecular formula is C27H33FN2O6. The number of para-hydroxylation sites is 1. The SMILES string of the molecule is COc1cccc(C2C(=C([O-])c3ccc(OC(C)C)c(F)c3)C(=O)C(=O)N2CCC[NH+](C)C)c1OC. The van der Waals surface area contributed by atoms with E-state index in [-0.39, 0.29) is 29.5 Å². The van der Waals surface area contributed by atoms with Gasteiger partial charge in [0.2, 0.25) is 5.78 Å². The molecule has 0 bridgehead atoms. The summed E-state index contributed by atoms with van der Waals surface area (Å²) in [5.74, 6) is -2.43. The van der Waals surface area contributed by atoms with Gasteiger partial charge in [0, 0.05) is 24.1 Å². The van der Waals surface area contributed by atoms with E-state index in [1.165, 1.54) is 36.2 Å². The van der Waals surface area contributed by atoms with Crippen LogP contribution in [0.5, 0.6) is 17.2 Å². The maximum Gasteiger partial charge on any atom is 0.295 e. The summed E-state index contributed by atoms with van der Waals surface area (Å²) in [5, 5.41) is 13.6. The molecule has 0 aromatic heterocycles. The fraction of sp³-hybridized carbons (Fsp3) is 0.407. The van der Waals surface area contributed by atoms with Crippen molar-refractivity contribution in [3.63, 3.8) is 0 Å². The summed E-state index contributed by atoms with van der Waals surface area (Å²) in [6.45, 7) is 4.53. The molecule has 1 heterocycles. The number of nitrogens with one attached hydrogen (secondary N) is 1. The molecule has 0 spiro atoms. The molecule has 36 heavy (non-hydrogen) atoms. The predicted octanol–water partition coefficient (Wildman–Crippen LogP) is 1.39. The van der Waals surface area contributed by atoms with Crippen molar-refractivity contribution in [3.05, 3.63) is 58.9 Å². The highest BCUT2D eigenvalue weighted by molar-refractivity contribution is 6.46. The Morgan fingerprint density at radius 1 is 1.11 bits per heavy atom. The van der Waals surface area contributed by atoms with Gasteiger partial charge in [-0.05, 0) is 37.6 Å². The van der Waals surface area contributed by atoms with Crippen LogP contribution in [0, 0.1) is 5.82 Å². The van der Waals surface area contributed by atoms with Crippen molar-refractivity contribution >= 4 is 17.4 Å². The lowest BCUT2D eigenvalue weighted by atomic mass is 9.94. The fourth-order valence-corrected chi connectivity index (χ4v) is 4.30. The number of amides is 1. The van der Waals surface area contributed by atoms with Crippen LogP contribution < -0.4 is 24.2 Å². The molecule has 194 valence electrons. The van der Waals surface area contributed by atoms with E-state index < -0.39 is 29.3 Å². The number of quaternary nitrogens is 1. The Hall–Kier alpha value is -3.59. The minimum absolute atomic E-state index is 0.000739. The van der Waals surface area contributed by atoms with Gasteiger partial charge in [0.1, 0.15) is 0 Å². The van der Waals surface area contributed by atoms with E-state index in [1.807, 2.05) is 14.1 Å². The molecule has 0 aliphatic carbocycles. The van der Waals surface area contributed by atoms with Crippen molar-refractivity contribution < 1.29 is 38.2 Å². The summed E-state index contributed by atoms with van der Waals surface area (Å²) >= 11 is 0. The summed E-state index contributed by atoms with van der Waals surface area (Å²) in [6.07, 6.45) is 0.355. The Kier molecular flexibility index (Phi) is 8.57. The Morgan fingerprint density at radius 3 is 2.42 bits per heavy atom. The zero-order valence-corrected chi connectivity index (χ0v) is 21.5. The van der Waals surface area contributed by atoms with Crippen molar-refractivity contribution in [2.75, 3.05) is 41.4 Å². The van der Waals surface area contributed by atoms with Crippen molar-refractivity contribution in [2.24, 2.45) is 0 Å². The van der Waals surface area contributed by atoms with E-state index in [1.54, 1.807) is 32.0 Å². The minimum Gasteiger partial charge on any atom is -0.872 e. The van der Waals surface area contributed by atoms with Crippen LogP contribution in [-0.2, 0) is 9.59 Å². The number of nitrogens with zero attached hydrogens (tertiary/aromatic N) is 1. The summed E-state index contributed by atoms with van der Waals surface area (Å²) in [4.78, 5) is 28.9. The van der Waals surface area contributed by atoms with Gasteiger partial charge in [-0.2, -0.15) is 0 Å². The molecule has 1 unspecified atom stereocenters. The molecule has 1 N–H and O–H groups in total. The fourth-order valence-electron chi connectivity index (χ4n) is 4.30. The summed E-state index contributed by atoms with van der Waals surface area (Å²) < 4.78 is 31.1. The molecule has 1 aliphatic heterocycles. The van der Waals surface area contributed by atoms with Crippen LogP contribution in [0.25, 0.3) is 5.76 Å². The maximum absolute atomic E-state index is 14.7. The summed E-state index contributed by atoms with van der Waals surface area (Å²) in [5.41, 5.74) is 0.142. The van der Waals surface area contributed by atoms with Gasteiger partial charge in [-0.1, -0.05) is 24.0 Å². The third-order valence-electron chi connectivity index (χ3n) is 5.89. The van der Waals surface area contributed by atoms with Crippen LogP contribution in [0.4, 0.5) is 4.39 Å². The van der Waals surface area contributed by atoms with Crippen molar-refractivity contribution in [1.29, 1.82) is 0 Å². The minimum atomic E-state index is -1.01. The average Bonchev–Trinajstić information content (AvgIpc) is 3.08. The van der Waals surface area contributed by atoms with E-state index in [9.17, 15) is 19.1 Å². The first-order valence-electron chi connectivity index (χ1n) is 11.8. The van der Waals surface area contributed by atoms with Crippen LogP contribution in [-0.4, -0.2) is 64.1 Å². The largest absolute Gasteiger partial charge is 0.872 e. The first kappa shape index (κ1) is 27.0. The molecular weight excluding hydrogens is 467 g/mol. The predicted molar refractivity (Wildman–Crippen MR) is 130 cm³/mol. The van der Waals surface area contributed by atoms with E-state index in [2.05, 4.69) is 0 Å². The van der Waals surface area contributed by atoms with Crippen LogP contribution in [0.15, 0.2) is 42.0 Å². The Balaban J connectivity index is 2.18. The number of rotatable bonds is 10. The molecule has 1 aliphatic rings. The Morgan fingerprint density at radius 2 is 1.83 bits per heavy atom. The van der Waals surface area contributed by atoms with Gasteiger partial charge in [0.05, 0.1) is 47.0 Å². The number of likely N-dealkylation sites (tertiary alicyclic amines) is 1. The second kappa shape index (κ2) is 11.4. The van der Waals surface area contributed by atoms with E-state index >= 15 is 0 Å². The monoisotopic (exact) mass is 500 g/mol.